The molecule has 0 fully saturated rings. The highest BCUT2D eigenvalue weighted by atomic mass is 32.1. The van der Waals surface area contributed by atoms with E-state index in [1.165, 1.54) is 21.9 Å². The summed E-state index contributed by atoms with van der Waals surface area (Å²) in [4.78, 5) is 2.60. The number of aryl methyl sites for hydroxylation is 1. The van der Waals surface area contributed by atoms with Crippen LogP contribution >= 0.6 is 11.3 Å². The maximum Gasteiger partial charge on any atom is 0.159 e. The molecular weight excluding hydrogens is 288 g/mol. The third kappa shape index (κ3) is 4.35. The van der Waals surface area contributed by atoms with Crippen LogP contribution in [0.3, 0.4) is 0 Å². The number of nitrogens with one attached hydrogen (secondary N) is 1. The van der Waals surface area contributed by atoms with Crippen LogP contribution < -0.4 is 5.32 Å². The van der Waals surface area contributed by atoms with Gasteiger partial charge in [0.05, 0.1) is 0 Å². The van der Waals surface area contributed by atoms with Gasteiger partial charge in [0.25, 0.3) is 0 Å². The smallest absolute Gasteiger partial charge is 0.159 e. The van der Waals surface area contributed by atoms with Gasteiger partial charge in [-0.2, -0.15) is 0 Å². The molecule has 0 aliphatic heterocycles. The lowest BCUT2D eigenvalue weighted by Crippen LogP contribution is -2.23. The molecule has 2 aromatic rings. The predicted octanol–water partition coefficient (Wildman–Crippen LogP) is 4.87. The Morgan fingerprint density at radius 3 is 2.52 bits per heavy atom. The number of hydrogen-bond donors (Lipinski definition) is 1. The Hall–Kier alpha value is -1.26. The third-order valence-electron chi connectivity index (χ3n) is 3.44. The van der Waals surface area contributed by atoms with Crippen LogP contribution in [0.25, 0.3) is 0 Å². The average Bonchev–Trinajstić information content (AvgIpc) is 2.96. The number of halogens is 2. The van der Waals surface area contributed by atoms with Gasteiger partial charge >= 0.3 is 0 Å². The van der Waals surface area contributed by atoms with Crippen molar-refractivity contribution in [3.63, 3.8) is 0 Å². The van der Waals surface area contributed by atoms with Gasteiger partial charge in [-0.05, 0) is 55.6 Å². The lowest BCUT2D eigenvalue weighted by Gasteiger charge is -2.17. The molecule has 0 radical (unpaired) electrons. The van der Waals surface area contributed by atoms with Crippen molar-refractivity contribution in [1.82, 2.24) is 5.32 Å². The van der Waals surface area contributed by atoms with E-state index in [1.54, 1.807) is 17.4 Å². The van der Waals surface area contributed by atoms with E-state index in [4.69, 9.17) is 0 Å². The zero-order chi connectivity index (χ0) is 15.2. The van der Waals surface area contributed by atoms with Crippen molar-refractivity contribution < 1.29 is 8.78 Å². The summed E-state index contributed by atoms with van der Waals surface area (Å²) in [5, 5.41) is 3.50. The molecule has 0 amide bonds. The molecular formula is C17H21F2NS. The zero-order valence-electron chi connectivity index (χ0n) is 12.5. The Morgan fingerprint density at radius 1 is 1.10 bits per heavy atom. The van der Waals surface area contributed by atoms with Crippen molar-refractivity contribution in [2.75, 3.05) is 6.54 Å². The molecule has 1 atom stereocenters. The van der Waals surface area contributed by atoms with E-state index >= 15 is 0 Å². The molecule has 0 aliphatic carbocycles. The van der Waals surface area contributed by atoms with Crippen molar-refractivity contribution >= 4 is 11.3 Å². The van der Waals surface area contributed by atoms with Crippen LogP contribution in [-0.2, 0) is 12.8 Å². The first kappa shape index (κ1) is 16.1. The largest absolute Gasteiger partial charge is 0.309 e. The van der Waals surface area contributed by atoms with Gasteiger partial charge in [0.2, 0.25) is 0 Å². The fourth-order valence-corrected chi connectivity index (χ4v) is 3.29. The molecule has 1 nitrogen and oxygen atoms in total. The Balaban J connectivity index is 2.17. The Labute approximate surface area is 129 Å². The molecule has 21 heavy (non-hydrogen) atoms. The molecule has 1 aromatic carbocycles. The highest BCUT2D eigenvalue weighted by Crippen LogP contribution is 2.27. The van der Waals surface area contributed by atoms with Gasteiger partial charge in [-0.1, -0.05) is 19.9 Å². The average molecular weight is 309 g/mol. The van der Waals surface area contributed by atoms with Gasteiger partial charge in [0.1, 0.15) is 0 Å². The summed E-state index contributed by atoms with van der Waals surface area (Å²) in [6.07, 6.45) is 2.73. The van der Waals surface area contributed by atoms with Crippen LogP contribution in [0, 0.1) is 11.6 Å². The Bertz CT molecular complexity index is 580. The maximum absolute atomic E-state index is 13.3. The zero-order valence-corrected chi connectivity index (χ0v) is 13.3. The van der Waals surface area contributed by atoms with Crippen LogP contribution in [0.2, 0.25) is 0 Å². The van der Waals surface area contributed by atoms with Crippen molar-refractivity contribution in [2.45, 2.75) is 39.2 Å². The summed E-state index contributed by atoms with van der Waals surface area (Å²) in [7, 11) is 0. The predicted molar refractivity (Wildman–Crippen MR) is 84.8 cm³/mol. The minimum absolute atomic E-state index is 0.153. The number of thiophene rings is 1. The van der Waals surface area contributed by atoms with Gasteiger partial charge < -0.3 is 5.32 Å². The van der Waals surface area contributed by atoms with Crippen molar-refractivity contribution in [3.8, 4) is 0 Å². The maximum atomic E-state index is 13.3. The minimum atomic E-state index is -0.791. The van der Waals surface area contributed by atoms with Gasteiger partial charge in [0.15, 0.2) is 11.6 Å². The van der Waals surface area contributed by atoms with E-state index in [2.05, 4.69) is 31.3 Å². The summed E-state index contributed by atoms with van der Waals surface area (Å²) < 4.78 is 26.4. The molecule has 0 saturated carbocycles. The molecule has 0 spiro atoms. The van der Waals surface area contributed by atoms with Gasteiger partial charge in [-0.3, -0.25) is 0 Å². The third-order valence-corrected chi connectivity index (χ3v) is 4.78. The summed E-state index contributed by atoms with van der Waals surface area (Å²) >= 11 is 1.79. The normalized spacial score (nSPS) is 12.6. The molecule has 0 aliphatic rings. The molecule has 114 valence electrons. The van der Waals surface area contributed by atoms with Crippen LogP contribution in [0.1, 0.15) is 41.6 Å². The number of benzene rings is 1. The van der Waals surface area contributed by atoms with Gasteiger partial charge in [-0.15, -0.1) is 11.3 Å². The first-order valence-corrected chi connectivity index (χ1v) is 8.21. The summed E-state index contributed by atoms with van der Waals surface area (Å²) in [6.45, 7) is 5.17. The Morgan fingerprint density at radius 2 is 1.90 bits per heavy atom. The molecule has 1 unspecified atom stereocenters. The molecule has 0 saturated heterocycles. The fourth-order valence-electron chi connectivity index (χ4n) is 2.27. The highest BCUT2D eigenvalue weighted by Gasteiger charge is 2.15. The fraction of sp³-hybridized carbons (Fsp3) is 0.412. The van der Waals surface area contributed by atoms with E-state index in [1.807, 2.05) is 0 Å². The number of rotatable bonds is 7. The second-order valence-corrected chi connectivity index (χ2v) is 6.32. The first-order valence-electron chi connectivity index (χ1n) is 7.40. The molecule has 1 aromatic heterocycles. The topological polar surface area (TPSA) is 12.0 Å². The van der Waals surface area contributed by atoms with Crippen LogP contribution in [0.4, 0.5) is 8.78 Å². The van der Waals surface area contributed by atoms with E-state index in [-0.39, 0.29) is 6.04 Å². The second kappa shape index (κ2) is 7.66. The lowest BCUT2D eigenvalue weighted by molar-refractivity contribution is 0.501. The van der Waals surface area contributed by atoms with E-state index in [0.29, 0.717) is 6.42 Å². The van der Waals surface area contributed by atoms with Crippen molar-refractivity contribution in [3.05, 3.63) is 57.3 Å². The monoisotopic (exact) mass is 309 g/mol. The van der Waals surface area contributed by atoms with Crippen LogP contribution in [0.15, 0.2) is 30.3 Å². The number of hydrogen-bond acceptors (Lipinski definition) is 2. The Kier molecular flexibility index (Phi) is 5.88. The van der Waals surface area contributed by atoms with Crippen LogP contribution in [0.5, 0.6) is 0 Å². The summed E-state index contributed by atoms with van der Waals surface area (Å²) in [5.74, 6) is -1.57. The molecule has 0 bridgehead atoms. The second-order valence-electron chi connectivity index (χ2n) is 5.12. The molecule has 2 rings (SSSR count). The summed E-state index contributed by atoms with van der Waals surface area (Å²) in [5.41, 5.74) is 0.814. The summed E-state index contributed by atoms with van der Waals surface area (Å²) in [6, 6.07) is 8.59. The van der Waals surface area contributed by atoms with Crippen molar-refractivity contribution in [1.29, 1.82) is 0 Å². The minimum Gasteiger partial charge on any atom is -0.309 e. The SMILES string of the molecule is CCCNC(Cc1ccc(F)c(F)c1)c1ccc(CC)s1. The first-order chi connectivity index (χ1) is 10.1. The molecule has 1 heterocycles. The highest BCUT2D eigenvalue weighted by molar-refractivity contribution is 7.12. The molecule has 1 N–H and O–H groups in total. The molecule has 4 heteroatoms. The lowest BCUT2D eigenvalue weighted by atomic mass is 10.0. The van der Waals surface area contributed by atoms with E-state index in [9.17, 15) is 8.78 Å². The van der Waals surface area contributed by atoms with E-state index < -0.39 is 11.6 Å². The van der Waals surface area contributed by atoms with Crippen molar-refractivity contribution in [2.24, 2.45) is 0 Å². The van der Waals surface area contributed by atoms with Crippen LogP contribution in [-0.4, -0.2) is 6.54 Å². The standard InChI is InChI=1S/C17H21F2NS/c1-3-9-20-16(17-8-6-13(4-2)21-17)11-12-5-7-14(18)15(19)10-12/h5-8,10,16,20H,3-4,9,11H2,1-2H3. The van der Waals surface area contributed by atoms with Gasteiger partial charge in [-0.25, -0.2) is 8.78 Å². The van der Waals surface area contributed by atoms with E-state index in [0.717, 1.165) is 24.9 Å². The quantitative estimate of drug-likeness (QED) is 0.769. The van der Waals surface area contributed by atoms with Gasteiger partial charge in [0, 0.05) is 15.8 Å².